The van der Waals surface area contributed by atoms with Gasteiger partial charge in [-0.25, -0.2) is 9.79 Å². The second kappa shape index (κ2) is 6.33. The number of hydrogen-bond acceptors (Lipinski definition) is 6. The third-order valence-corrected chi connectivity index (χ3v) is 3.37. The molecule has 24 heavy (non-hydrogen) atoms. The molecule has 0 spiro atoms. The second-order valence-corrected chi connectivity index (χ2v) is 4.88. The van der Waals surface area contributed by atoms with Crippen LogP contribution in [-0.2, 0) is 9.53 Å². The molecule has 0 aliphatic carbocycles. The van der Waals surface area contributed by atoms with Gasteiger partial charge in [-0.2, -0.15) is 0 Å². The van der Waals surface area contributed by atoms with Gasteiger partial charge in [0, 0.05) is 12.1 Å². The molecule has 0 aromatic heterocycles. The van der Waals surface area contributed by atoms with Crippen LogP contribution in [0.15, 0.2) is 59.2 Å². The molecule has 0 atom stereocenters. The van der Waals surface area contributed by atoms with Crippen LogP contribution < -0.4 is 4.74 Å². The van der Waals surface area contributed by atoms with Crippen molar-refractivity contribution in [2.75, 3.05) is 7.11 Å². The minimum absolute atomic E-state index is 0.0237. The molecular weight excluding hydrogens is 312 g/mol. The van der Waals surface area contributed by atoms with Crippen LogP contribution in [-0.4, -0.2) is 23.9 Å². The first-order chi connectivity index (χ1) is 11.6. The highest BCUT2D eigenvalue weighted by Crippen LogP contribution is 2.25. The summed E-state index contributed by atoms with van der Waals surface area (Å²) in [4.78, 5) is 26.3. The van der Waals surface area contributed by atoms with Crippen molar-refractivity contribution in [3.05, 3.63) is 75.5 Å². The van der Waals surface area contributed by atoms with E-state index < -0.39 is 10.9 Å². The summed E-state index contributed by atoms with van der Waals surface area (Å²) in [6.45, 7) is 0. The number of carbonyl (C=O) groups excluding carboxylic acids is 1. The summed E-state index contributed by atoms with van der Waals surface area (Å²) in [5.74, 6) is 0.112. The third-order valence-electron chi connectivity index (χ3n) is 3.37. The van der Waals surface area contributed by atoms with E-state index in [-0.39, 0.29) is 17.3 Å². The lowest BCUT2D eigenvalue weighted by Gasteiger charge is -2.05. The van der Waals surface area contributed by atoms with E-state index in [4.69, 9.17) is 9.47 Å². The number of esters is 1. The Bertz CT molecular complexity index is 869. The Morgan fingerprint density at radius 3 is 2.54 bits per heavy atom. The Hall–Kier alpha value is -3.48. The second-order valence-electron chi connectivity index (χ2n) is 4.88. The molecule has 0 unspecified atom stereocenters. The van der Waals surface area contributed by atoms with E-state index in [0.717, 1.165) is 0 Å². The van der Waals surface area contributed by atoms with E-state index in [1.807, 2.05) is 0 Å². The number of carbonyl (C=O) groups is 1. The zero-order valence-electron chi connectivity index (χ0n) is 12.6. The molecule has 120 valence electrons. The lowest BCUT2D eigenvalue weighted by Crippen LogP contribution is -2.06. The average Bonchev–Trinajstić information content (AvgIpc) is 2.96. The maximum absolute atomic E-state index is 12.0. The van der Waals surface area contributed by atoms with E-state index in [0.29, 0.717) is 16.9 Å². The average molecular weight is 324 g/mol. The van der Waals surface area contributed by atoms with Gasteiger partial charge in [0.1, 0.15) is 5.75 Å². The molecule has 0 bridgehead atoms. The number of aliphatic imine (C=N–C) groups is 1. The zero-order valence-corrected chi connectivity index (χ0v) is 12.6. The van der Waals surface area contributed by atoms with Crippen molar-refractivity contribution in [1.82, 2.24) is 0 Å². The van der Waals surface area contributed by atoms with Gasteiger partial charge in [0.2, 0.25) is 5.90 Å². The van der Waals surface area contributed by atoms with Crippen LogP contribution in [0.4, 0.5) is 5.69 Å². The maximum atomic E-state index is 12.0. The normalized spacial score (nSPS) is 15.1. The lowest BCUT2D eigenvalue weighted by molar-refractivity contribution is -0.384. The molecule has 0 saturated heterocycles. The number of ether oxygens (including phenoxy) is 2. The van der Waals surface area contributed by atoms with Crippen LogP contribution in [0.3, 0.4) is 0 Å². The highest BCUT2D eigenvalue weighted by atomic mass is 16.6. The van der Waals surface area contributed by atoms with Gasteiger partial charge in [-0.05, 0) is 35.9 Å². The molecule has 2 aromatic carbocycles. The number of rotatable bonds is 4. The number of non-ortho nitro benzene ring substituents is 1. The van der Waals surface area contributed by atoms with Crippen LogP contribution in [0.5, 0.6) is 5.75 Å². The summed E-state index contributed by atoms with van der Waals surface area (Å²) in [5.41, 5.74) is 1.27. The molecule has 2 aromatic rings. The minimum atomic E-state index is -0.589. The molecule has 1 aliphatic heterocycles. The number of nitro benzene ring substituents is 1. The van der Waals surface area contributed by atoms with Crippen molar-refractivity contribution in [3.8, 4) is 5.75 Å². The van der Waals surface area contributed by atoms with Crippen molar-refractivity contribution in [3.63, 3.8) is 0 Å². The lowest BCUT2D eigenvalue weighted by atomic mass is 10.2. The fourth-order valence-corrected chi connectivity index (χ4v) is 2.20. The number of benzene rings is 2. The third kappa shape index (κ3) is 3.00. The maximum Gasteiger partial charge on any atom is 0.363 e. The number of para-hydroxylation sites is 1. The van der Waals surface area contributed by atoms with Crippen LogP contribution in [0, 0.1) is 10.1 Å². The highest BCUT2D eigenvalue weighted by Gasteiger charge is 2.26. The molecule has 1 heterocycles. The summed E-state index contributed by atoms with van der Waals surface area (Å²) < 4.78 is 10.4. The number of cyclic esters (lactones) is 1. The Labute approximate surface area is 137 Å². The van der Waals surface area contributed by atoms with Gasteiger partial charge in [0.15, 0.2) is 5.70 Å². The first kappa shape index (κ1) is 15.4. The van der Waals surface area contributed by atoms with E-state index in [2.05, 4.69) is 4.99 Å². The fraction of sp³-hybridized carbons (Fsp3) is 0.0588. The van der Waals surface area contributed by atoms with Crippen molar-refractivity contribution in [2.24, 2.45) is 4.99 Å². The molecule has 0 amide bonds. The van der Waals surface area contributed by atoms with E-state index in [1.54, 1.807) is 24.3 Å². The molecular formula is C17H12N2O5. The van der Waals surface area contributed by atoms with E-state index >= 15 is 0 Å². The Morgan fingerprint density at radius 1 is 1.17 bits per heavy atom. The first-order valence-corrected chi connectivity index (χ1v) is 6.99. The summed E-state index contributed by atoms with van der Waals surface area (Å²) in [7, 11) is 1.52. The first-order valence-electron chi connectivity index (χ1n) is 6.99. The molecule has 0 saturated carbocycles. The van der Waals surface area contributed by atoms with Crippen LogP contribution in [0.25, 0.3) is 6.08 Å². The topological polar surface area (TPSA) is 91.0 Å². The summed E-state index contributed by atoms with van der Waals surface area (Å²) in [6, 6.07) is 12.8. The minimum Gasteiger partial charge on any atom is -0.496 e. The Balaban J connectivity index is 1.92. The zero-order chi connectivity index (χ0) is 17.1. The number of nitro groups is 1. The fourth-order valence-electron chi connectivity index (χ4n) is 2.20. The molecule has 3 rings (SSSR count). The number of nitrogens with zero attached hydrogens (tertiary/aromatic N) is 2. The monoisotopic (exact) mass is 324 g/mol. The quantitative estimate of drug-likeness (QED) is 0.373. The molecule has 1 aliphatic rings. The van der Waals surface area contributed by atoms with Gasteiger partial charge in [-0.1, -0.05) is 12.1 Å². The smallest absolute Gasteiger partial charge is 0.363 e. The van der Waals surface area contributed by atoms with Crippen molar-refractivity contribution < 1.29 is 19.2 Å². The van der Waals surface area contributed by atoms with Crippen LogP contribution in [0.1, 0.15) is 11.1 Å². The van der Waals surface area contributed by atoms with Gasteiger partial charge in [-0.15, -0.1) is 0 Å². The van der Waals surface area contributed by atoms with Crippen molar-refractivity contribution in [2.45, 2.75) is 0 Å². The Kier molecular flexibility index (Phi) is 4.07. The van der Waals surface area contributed by atoms with Gasteiger partial charge >= 0.3 is 5.97 Å². The molecule has 0 radical (unpaired) electrons. The molecule has 7 heteroatoms. The summed E-state index contributed by atoms with van der Waals surface area (Å²) in [6.07, 6.45) is 1.51. The Morgan fingerprint density at radius 2 is 1.88 bits per heavy atom. The largest absolute Gasteiger partial charge is 0.496 e. The highest BCUT2D eigenvalue weighted by molar-refractivity contribution is 6.13. The van der Waals surface area contributed by atoms with Crippen LogP contribution in [0.2, 0.25) is 0 Å². The van der Waals surface area contributed by atoms with Crippen LogP contribution >= 0.6 is 0 Å². The van der Waals surface area contributed by atoms with E-state index in [9.17, 15) is 14.9 Å². The summed E-state index contributed by atoms with van der Waals surface area (Å²) in [5, 5.41) is 10.7. The predicted molar refractivity (Wildman–Crippen MR) is 86.7 cm³/mol. The summed E-state index contributed by atoms with van der Waals surface area (Å²) >= 11 is 0. The van der Waals surface area contributed by atoms with Gasteiger partial charge in [0.25, 0.3) is 5.69 Å². The van der Waals surface area contributed by atoms with Crippen molar-refractivity contribution in [1.29, 1.82) is 0 Å². The SMILES string of the molecule is COc1ccccc1C1=N/C(=C\c2ccc([N+](=O)[O-])cc2)C(=O)O1. The van der Waals surface area contributed by atoms with Gasteiger partial charge in [0.05, 0.1) is 17.6 Å². The molecule has 0 N–H and O–H groups in total. The van der Waals surface area contributed by atoms with Crippen molar-refractivity contribution >= 4 is 23.6 Å². The molecule has 0 fully saturated rings. The van der Waals surface area contributed by atoms with E-state index in [1.165, 1.54) is 37.5 Å². The predicted octanol–water partition coefficient (Wildman–Crippen LogP) is 2.95. The van der Waals surface area contributed by atoms with Gasteiger partial charge in [-0.3, -0.25) is 10.1 Å². The van der Waals surface area contributed by atoms with Gasteiger partial charge < -0.3 is 9.47 Å². The standard InChI is InChI=1S/C17H12N2O5/c1-23-15-5-3-2-4-13(15)16-18-14(17(20)24-16)10-11-6-8-12(9-7-11)19(21)22/h2-10H,1H3/b14-10-. The number of methoxy groups -OCH3 is 1. The number of hydrogen-bond donors (Lipinski definition) is 0. The molecule has 7 nitrogen and oxygen atoms in total.